The van der Waals surface area contributed by atoms with Gasteiger partial charge in [0.15, 0.2) is 12.2 Å². The van der Waals surface area contributed by atoms with Gasteiger partial charge in [0, 0.05) is 18.7 Å². The number of thioether (sulfide) groups is 1. The number of rotatable bonds is 16. The molecular weight excluding hydrogens is 735 g/mol. The molecule has 0 aliphatic carbocycles. The molecule has 2 saturated heterocycles. The highest BCUT2D eigenvalue weighted by atomic mass is 32.2. The maximum atomic E-state index is 13.8. The molecule has 4 aromatic carbocycles. The molecule has 0 radical (unpaired) electrons. The Morgan fingerprint density at radius 3 is 1.79 bits per heavy atom. The standard InChI is InChI=1S/C43H45N3O9S/c1-2-53-42(52)44-33(40(50)54-36(29-16-7-3-8-17-29)30-18-9-4-10-19-30)24-15-25-34(48)45-35-38(49)46-26-43(27-47,28-56-39(35)46)41(51)55-37(31-20-11-5-12-21-31)32-22-13-6-14-23-32/h3-14,16-23,33,35-37,39,47H,2,15,24-28H2,1H3,(H,44,52)(H,45,48)/t33?,35?,39-,43?/m1/s1. The van der Waals surface area contributed by atoms with Gasteiger partial charge in [0.05, 0.1) is 13.2 Å². The van der Waals surface area contributed by atoms with Crippen molar-refractivity contribution in [2.75, 3.05) is 25.5 Å². The molecule has 3 unspecified atom stereocenters. The first-order valence-electron chi connectivity index (χ1n) is 18.6. The number of hydrogen-bond donors (Lipinski definition) is 3. The second-order valence-corrected chi connectivity index (χ2v) is 14.8. The van der Waals surface area contributed by atoms with Crippen molar-refractivity contribution in [2.45, 2.75) is 55.9 Å². The van der Waals surface area contributed by atoms with Gasteiger partial charge in [-0.15, -0.1) is 11.8 Å². The number of fused-ring (bicyclic) bond motifs is 1. The molecule has 2 aliphatic rings. The van der Waals surface area contributed by atoms with Crippen molar-refractivity contribution in [2.24, 2.45) is 5.41 Å². The van der Waals surface area contributed by atoms with Crippen LogP contribution >= 0.6 is 11.8 Å². The van der Waals surface area contributed by atoms with E-state index in [1.54, 1.807) is 6.92 Å². The number of nitrogens with one attached hydrogen (secondary N) is 2. The maximum absolute atomic E-state index is 13.8. The lowest BCUT2D eigenvalue weighted by molar-refractivity contribution is -0.168. The number of carbonyl (C=O) groups excluding carboxylic acids is 5. The predicted octanol–water partition coefficient (Wildman–Crippen LogP) is 5.32. The van der Waals surface area contributed by atoms with Crippen molar-refractivity contribution in [1.82, 2.24) is 15.5 Å². The highest BCUT2D eigenvalue weighted by molar-refractivity contribution is 8.00. The fourth-order valence-corrected chi connectivity index (χ4v) is 8.31. The smallest absolute Gasteiger partial charge is 0.407 e. The summed E-state index contributed by atoms with van der Waals surface area (Å²) in [6.45, 7) is 1.16. The van der Waals surface area contributed by atoms with E-state index in [1.165, 1.54) is 16.7 Å². The molecule has 2 fully saturated rings. The van der Waals surface area contributed by atoms with E-state index in [4.69, 9.17) is 14.2 Å². The number of aliphatic hydroxyl groups is 1. The van der Waals surface area contributed by atoms with Crippen molar-refractivity contribution >= 4 is 41.6 Å². The molecule has 2 aliphatic heterocycles. The Bertz CT molecular complexity index is 1880. The number of hydrogen-bond acceptors (Lipinski definition) is 10. The quantitative estimate of drug-likeness (QED) is 0.0772. The van der Waals surface area contributed by atoms with Crippen molar-refractivity contribution in [3.05, 3.63) is 144 Å². The summed E-state index contributed by atoms with van der Waals surface area (Å²) in [5, 5.41) is 15.5. The number of carbonyl (C=O) groups is 5. The Balaban J connectivity index is 1.04. The summed E-state index contributed by atoms with van der Waals surface area (Å²) in [5.41, 5.74) is 1.68. The number of alkyl carbamates (subject to hydrolysis) is 1. The van der Waals surface area contributed by atoms with Crippen LogP contribution in [0.25, 0.3) is 0 Å². The SMILES string of the molecule is CCOC(=O)NC(CCCC(=O)NC1C(=O)N2CC(CO)(C(=O)OC(c3ccccc3)c3ccccc3)CS[C@H]12)C(=O)OC(c1ccccc1)c1ccccc1. The summed E-state index contributed by atoms with van der Waals surface area (Å²) < 4.78 is 17.1. The number of ether oxygens (including phenoxy) is 3. The van der Waals surface area contributed by atoms with Gasteiger partial charge in [0.25, 0.3) is 0 Å². The zero-order valence-corrected chi connectivity index (χ0v) is 31.8. The van der Waals surface area contributed by atoms with Crippen LogP contribution in [0, 0.1) is 5.41 Å². The van der Waals surface area contributed by atoms with E-state index in [9.17, 15) is 29.1 Å². The van der Waals surface area contributed by atoms with Gasteiger partial charge in [-0.2, -0.15) is 0 Å². The van der Waals surface area contributed by atoms with Crippen molar-refractivity contribution in [3.8, 4) is 0 Å². The highest BCUT2D eigenvalue weighted by Crippen LogP contribution is 2.43. The minimum absolute atomic E-state index is 0.0382. The number of esters is 2. The highest BCUT2D eigenvalue weighted by Gasteiger charge is 2.58. The molecule has 2 heterocycles. The average molecular weight is 780 g/mol. The lowest BCUT2D eigenvalue weighted by atomic mass is 9.87. The monoisotopic (exact) mass is 779 g/mol. The van der Waals surface area contributed by atoms with Crippen LogP contribution in [0.5, 0.6) is 0 Å². The van der Waals surface area contributed by atoms with Crippen LogP contribution in [0.4, 0.5) is 4.79 Å². The number of nitrogens with zero attached hydrogens (tertiary/aromatic N) is 1. The van der Waals surface area contributed by atoms with E-state index in [0.717, 1.165) is 22.3 Å². The van der Waals surface area contributed by atoms with Crippen molar-refractivity contribution < 1.29 is 43.3 Å². The zero-order valence-electron chi connectivity index (χ0n) is 31.0. The molecular formula is C43H45N3O9S. The minimum Gasteiger partial charge on any atom is -0.452 e. The second-order valence-electron chi connectivity index (χ2n) is 13.7. The largest absolute Gasteiger partial charge is 0.452 e. The predicted molar refractivity (Wildman–Crippen MR) is 209 cm³/mol. The molecule has 56 heavy (non-hydrogen) atoms. The van der Waals surface area contributed by atoms with Gasteiger partial charge in [-0.3, -0.25) is 14.4 Å². The third-order valence-electron chi connectivity index (χ3n) is 9.81. The summed E-state index contributed by atoms with van der Waals surface area (Å²) in [6, 6.07) is 35.2. The molecule has 0 spiro atoms. The Morgan fingerprint density at radius 1 is 0.804 bits per heavy atom. The third-order valence-corrected chi connectivity index (χ3v) is 11.4. The summed E-state index contributed by atoms with van der Waals surface area (Å²) in [4.78, 5) is 67.8. The number of benzene rings is 4. The van der Waals surface area contributed by atoms with Crippen molar-refractivity contribution in [3.63, 3.8) is 0 Å². The maximum Gasteiger partial charge on any atom is 0.407 e. The van der Waals surface area contributed by atoms with Gasteiger partial charge in [-0.1, -0.05) is 121 Å². The lowest BCUT2D eigenvalue weighted by Crippen LogP contribution is -2.74. The van der Waals surface area contributed by atoms with Gasteiger partial charge in [-0.25, -0.2) is 9.59 Å². The first-order chi connectivity index (χ1) is 27.2. The number of amides is 3. The first-order valence-corrected chi connectivity index (χ1v) is 19.6. The van der Waals surface area contributed by atoms with Crippen LogP contribution in [-0.2, 0) is 33.4 Å². The first kappa shape index (κ1) is 40.0. The van der Waals surface area contributed by atoms with Gasteiger partial charge in [0.1, 0.15) is 22.9 Å². The summed E-state index contributed by atoms with van der Waals surface area (Å²) in [5.74, 6) is -1.92. The van der Waals surface area contributed by atoms with Crippen LogP contribution in [0.2, 0.25) is 0 Å². The summed E-state index contributed by atoms with van der Waals surface area (Å²) in [6.07, 6.45) is -2.02. The van der Waals surface area contributed by atoms with Crippen LogP contribution < -0.4 is 10.6 Å². The topological polar surface area (TPSA) is 161 Å². The fourth-order valence-electron chi connectivity index (χ4n) is 6.79. The summed E-state index contributed by atoms with van der Waals surface area (Å²) in [7, 11) is 0. The molecule has 0 aromatic heterocycles. The van der Waals surface area contributed by atoms with Crippen LogP contribution in [0.3, 0.4) is 0 Å². The molecule has 12 nitrogen and oxygen atoms in total. The molecule has 6 rings (SSSR count). The molecule has 13 heteroatoms. The van der Waals surface area contributed by atoms with E-state index in [0.29, 0.717) is 0 Å². The second kappa shape index (κ2) is 18.8. The molecule has 3 N–H and O–H groups in total. The van der Waals surface area contributed by atoms with Crippen LogP contribution in [0.1, 0.15) is 60.6 Å². The van der Waals surface area contributed by atoms with Crippen LogP contribution in [-0.4, -0.2) is 82.8 Å². The third kappa shape index (κ3) is 9.40. The van der Waals surface area contributed by atoms with E-state index in [1.807, 2.05) is 121 Å². The number of β-lactam (4-membered cyclic amide) rings is 1. The van der Waals surface area contributed by atoms with Gasteiger partial charge in [-0.05, 0) is 42.0 Å². The van der Waals surface area contributed by atoms with Crippen molar-refractivity contribution in [1.29, 1.82) is 0 Å². The van der Waals surface area contributed by atoms with Gasteiger partial charge in [0.2, 0.25) is 11.8 Å². The Labute approximate surface area is 329 Å². The zero-order chi connectivity index (χ0) is 39.5. The Morgan fingerprint density at radius 2 is 1.30 bits per heavy atom. The fraction of sp³-hybridized carbons (Fsp3) is 0.326. The van der Waals surface area contributed by atoms with E-state index < -0.39 is 65.6 Å². The normalized spacial score (nSPS) is 19.3. The van der Waals surface area contributed by atoms with Crippen LogP contribution in [0.15, 0.2) is 121 Å². The lowest BCUT2D eigenvalue weighted by Gasteiger charge is -2.53. The number of aliphatic hydroxyl groups excluding tert-OH is 1. The summed E-state index contributed by atoms with van der Waals surface area (Å²) >= 11 is 1.30. The molecule has 292 valence electrons. The Kier molecular flexibility index (Phi) is 13.4. The minimum atomic E-state index is -1.36. The Hall–Kier alpha value is -5.66. The van der Waals surface area contributed by atoms with Gasteiger partial charge >= 0.3 is 18.0 Å². The van der Waals surface area contributed by atoms with E-state index in [-0.39, 0.29) is 44.1 Å². The molecule has 3 amide bonds. The molecule has 4 atom stereocenters. The molecule has 0 bridgehead atoms. The van der Waals surface area contributed by atoms with Gasteiger partial charge < -0.3 is 34.9 Å². The van der Waals surface area contributed by atoms with E-state index >= 15 is 0 Å². The average Bonchev–Trinajstić information content (AvgIpc) is 3.24. The molecule has 4 aromatic rings. The molecule has 0 saturated carbocycles. The van der Waals surface area contributed by atoms with E-state index in [2.05, 4.69) is 10.6 Å².